The number of benzene rings is 2. The number of aryl methyl sites for hydroxylation is 3. The molecule has 0 atom stereocenters. The van der Waals surface area contributed by atoms with Crippen LogP contribution in [0.5, 0.6) is 0 Å². The summed E-state index contributed by atoms with van der Waals surface area (Å²) in [5.41, 5.74) is 1.48. The van der Waals surface area contributed by atoms with Crippen molar-refractivity contribution < 1.29 is 21.6 Å². The van der Waals surface area contributed by atoms with Crippen LogP contribution < -0.4 is 4.72 Å². The van der Waals surface area contributed by atoms with Crippen LogP contribution in [0.2, 0.25) is 5.02 Å². The molecule has 1 N–H and O–H groups in total. The second kappa shape index (κ2) is 6.29. The summed E-state index contributed by atoms with van der Waals surface area (Å²) < 4.78 is 66.0. The molecule has 0 aromatic heterocycles. The third kappa shape index (κ3) is 3.84. The van der Waals surface area contributed by atoms with Crippen molar-refractivity contribution in [3.05, 3.63) is 57.6 Å². The van der Waals surface area contributed by atoms with Crippen LogP contribution in [-0.2, 0) is 16.2 Å². The van der Waals surface area contributed by atoms with Crippen molar-refractivity contribution in [2.75, 3.05) is 4.72 Å². The number of sulfonamides is 1. The van der Waals surface area contributed by atoms with E-state index in [-0.39, 0.29) is 0 Å². The van der Waals surface area contributed by atoms with E-state index >= 15 is 0 Å². The fraction of sp³-hybridized carbons (Fsp3) is 0.250. The van der Waals surface area contributed by atoms with E-state index < -0.39 is 31.7 Å². The van der Waals surface area contributed by atoms with Crippen molar-refractivity contribution in [3.63, 3.8) is 0 Å². The van der Waals surface area contributed by atoms with E-state index in [0.717, 1.165) is 17.7 Å². The summed E-state index contributed by atoms with van der Waals surface area (Å²) in [5.74, 6) is 0. The van der Waals surface area contributed by atoms with Gasteiger partial charge in [-0.1, -0.05) is 29.3 Å². The summed E-state index contributed by atoms with van der Waals surface area (Å²) >= 11 is 5.52. The lowest BCUT2D eigenvalue weighted by Gasteiger charge is -2.16. The minimum absolute atomic E-state index is 0.351. The molecule has 2 rings (SSSR count). The Labute approximate surface area is 143 Å². The molecular weight excluding hydrogens is 363 g/mol. The number of rotatable bonds is 3. The first-order chi connectivity index (χ1) is 10.9. The highest BCUT2D eigenvalue weighted by Gasteiger charge is 2.34. The zero-order chi connectivity index (χ0) is 18.3. The van der Waals surface area contributed by atoms with Crippen LogP contribution in [0, 0.1) is 20.8 Å². The summed E-state index contributed by atoms with van der Waals surface area (Å²) in [6.45, 7) is 5.31. The number of nitrogens with one attached hydrogen (secondary N) is 1. The maximum Gasteiger partial charge on any atom is 0.417 e. The van der Waals surface area contributed by atoms with Crippen molar-refractivity contribution in [3.8, 4) is 0 Å². The van der Waals surface area contributed by atoms with Gasteiger partial charge in [0.2, 0.25) is 0 Å². The van der Waals surface area contributed by atoms with Crippen LogP contribution in [0.25, 0.3) is 0 Å². The van der Waals surface area contributed by atoms with Gasteiger partial charge in [0, 0.05) is 0 Å². The largest absolute Gasteiger partial charge is 0.417 e. The predicted octanol–water partition coefficient (Wildman–Crippen LogP) is 5.08. The van der Waals surface area contributed by atoms with E-state index in [4.69, 9.17) is 11.6 Å². The van der Waals surface area contributed by atoms with Crippen LogP contribution in [0.3, 0.4) is 0 Å². The molecule has 0 aliphatic carbocycles. The normalized spacial score (nSPS) is 12.3. The van der Waals surface area contributed by atoms with Crippen LogP contribution in [-0.4, -0.2) is 8.42 Å². The lowest BCUT2D eigenvalue weighted by Crippen LogP contribution is -2.16. The molecule has 0 aliphatic heterocycles. The average Bonchev–Trinajstić information content (AvgIpc) is 2.41. The Hall–Kier alpha value is -1.73. The third-order valence-corrected chi connectivity index (χ3v) is 5.14. The molecule has 0 heterocycles. The number of alkyl halides is 3. The maximum atomic E-state index is 12.9. The highest BCUT2D eigenvalue weighted by molar-refractivity contribution is 7.92. The number of hydrogen-bond donors (Lipinski definition) is 1. The van der Waals surface area contributed by atoms with Crippen LogP contribution >= 0.6 is 11.6 Å². The molecule has 8 heteroatoms. The van der Waals surface area contributed by atoms with E-state index in [1.54, 1.807) is 26.0 Å². The highest BCUT2D eigenvalue weighted by atomic mass is 35.5. The van der Waals surface area contributed by atoms with Gasteiger partial charge in [-0.05, 0) is 50.1 Å². The van der Waals surface area contributed by atoms with Gasteiger partial charge in [0.25, 0.3) is 10.0 Å². The van der Waals surface area contributed by atoms with Crippen molar-refractivity contribution in [2.24, 2.45) is 0 Å². The maximum absolute atomic E-state index is 12.9. The standard InChI is InChI=1S/C16H15ClF3NO2S/c1-9-6-10(2)15(11(3)7-9)21-24(22,23)12-4-5-14(17)13(8-12)16(18,19)20/h4-8,21H,1-3H3. The second-order valence-electron chi connectivity index (χ2n) is 5.52. The topological polar surface area (TPSA) is 46.2 Å². The quantitative estimate of drug-likeness (QED) is 0.810. The van der Waals surface area contributed by atoms with Crippen molar-refractivity contribution >= 4 is 27.3 Å². The molecule has 0 spiro atoms. The Kier molecular flexibility index (Phi) is 4.88. The first kappa shape index (κ1) is 18.6. The third-order valence-electron chi connectivity index (χ3n) is 3.47. The highest BCUT2D eigenvalue weighted by Crippen LogP contribution is 2.36. The van der Waals surface area contributed by atoms with Gasteiger partial charge in [-0.25, -0.2) is 8.42 Å². The monoisotopic (exact) mass is 377 g/mol. The summed E-state index contributed by atoms with van der Waals surface area (Å²) in [6.07, 6.45) is -4.74. The molecule has 2 aromatic rings. The molecule has 130 valence electrons. The Bertz CT molecular complexity index is 870. The predicted molar refractivity (Wildman–Crippen MR) is 87.9 cm³/mol. The van der Waals surface area contributed by atoms with E-state index in [2.05, 4.69) is 4.72 Å². The Balaban J connectivity index is 2.50. The molecule has 3 nitrogen and oxygen atoms in total. The van der Waals surface area contributed by atoms with Crippen molar-refractivity contribution in [2.45, 2.75) is 31.8 Å². The van der Waals surface area contributed by atoms with Gasteiger partial charge in [-0.3, -0.25) is 4.72 Å². The molecule has 2 aromatic carbocycles. The van der Waals surface area contributed by atoms with Gasteiger partial charge in [-0.2, -0.15) is 13.2 Å². The lowest BCUT2D eigenvalue weighted by molar-refractivity contribution is -0.137. The minimum Gasteiger partial charge on any atom is -0.279 e. The number of hydrogen-bond acceptors (Lipinski definition) is 2. The van der Waals surface area contributed by atoms with E-state index in [9.17, 15) is 21.6 Å². The molecule has 0 radical (unpaired) electrons. The molecule has 0 aliphatic rings. The molecular formula is C16H15ClF3NO2S. The molecule has 0 bridgehead atoms. The first-order valence-corrected chi connectivity index (χ1v) is 8.75. The van der Waals surface area contributed by atoms with Crippen LogP contribution in [0.15, 0.2) is 35.2 Å². The van der Waals surface area contributed by atoms with Crippen LogP contribution in [0.1, 0.15) is 22.3 Å². The van der Waals surface area contributed by atoms with Gasteiger partial charge in [0.15, 0.2) is 0 Å². The first-order valence-electron chi connectivity index (χ1n) is 6.89. The summed E-state index contributed by atoms with van der Waals surface area (Å²) in [7, 11) is -4.18. The number of anilines is 1. The summed E-state index contributed by atoms with van der Waals surface area (Å²) in [6, 6.07) is 6.07. The Morgan fingerprint density at radius 2 is 1.54 bits per heavy atom. The van der Waals surface area contributed by atoms with E-state index in [1.807, 2.05) is 6.92 Å². The summed E-state index contributed by atoms with van der Waals surface area (Å²) in [5, 5.41) is -0.552. The van der Waals surface area contributed by atoms with Gasteiger partial charge >= 0.3 is 6.18 Å². The van der Waals surface area contributed by atoms with Gasteiger partial charge < -0.3 is 0 Å². The lowest BCUT2D eigenvalue weighted by atomic mass is 10.1. The number of halogens is 4. The SMILES string of the molecule is Cc1cc(C)c(NS(=O)(=O)c2ccc(Cl)c(C(F)(F)F)c2)c(C)c1. The fourth-order valence-electron chi connectivity index (χ4n) is 2.42. The molecule has 0 saturated carbocycles. The van der Waals surface area contributed by atoms with Crippen molar-refractivity contribution in [1.82, 2.24) is 0 Å². The fourth-order valence-corrected chi connectivity index (χ4v) is 3.88. The van der Waals surface area contributed by atoms with Gasteiger partial charge in [0.05, 0.1) is 21.2 Å². The smallest absolute Gasteiger partial charge is 0.279 e. The molecule has 0 amide bonds. The molecule has 0 saturated heterocycles. The Morgan fingerprint density at radius 3 is 2.04 bits per heavy atom. The van der Waals surface area contributed by atoms with Gasteiger partial charge in [-0.15, -0.1) is 0 Å². The van der Waals surface area contributed by atoms with Gasteiger partial charge in [0.1, 0.15) is 0 Å². The van der Waals surface area contributed by atoms with E-state index in [1.165, 1.54) is 0 Å². The molecule has 24 heavy (non-hydrogen) atoms. The second-order valence-corrected chi connectivity index (χ2v) is 7.61. The molecule has 0 fully saturated rings. The van der Waals surface area contributed by atoms with E-state index in [0.29, 0.717) is 22.9 Å². The minimum atomic E-state index is -4.74. The zero-order valence-electron chi connectivity index (χ0n) is 13.1. The Morgan fingerprint density at radius 1 is 1.00 bits per heavy atom. The average molecular weight is 378 g/mol. The van der Waals surface area contributed by atoms with Crippen LogP contribution in [0.4, 0.5) is 18.9 Å². The zero-order valence-corrected chi connectivity index (χ0v) is 14.7. The molecule has 0 unspecified atom stereocenters. The van der Waals surface area contributed by atoms with Crippen molar-refractivity contribution in [1.29, 1.82) is 0 Å². The summed E-state index contributed by atoms with van der Waals surface area (Å²) in [4.78, 5) is -0.501.